The van der Waals surface area contributed by atoms with Crippen LogP contribution in [0, 0.1) is 11.8 Å². The molecule has 2 rings (SSSR count). The molecule has 1 N–H and O–H groups in total. The van der Waals surface area contributed by atoms with Crippen molar-refractivity contribution in [3.8, 4) is 17.6 Å². The van der Waals surface area contributed by atoms with Crippen LogP contribution in [-0.2, 0) is 9.47 Å². The summed E-state index contributed by atoms with van der Waals surface area (Å²) in [6.07, 6.45) is 1.18. The minimum absolute atomic E-state index is 0.137. The molecule has 0 saturated carbocycles. The summed E-state index contributed by atoms with van der Waals surface area (Å²) in [7, 11) is 0. The predicted molar refractivity (Wildman–Crippen MR) is 71.1 cm³/mol. The first-order chi connectivity index (χ1) is 9.38. The number of hydrogen-bond acceptors (Lipinski definition) is 4. The lowest BCUT2D eigenvalue weighted by Gasteiger charge is -2.10. The van der Waals surface area contributed by atoms with Gasteiger partial charge in [0.15, 0.2) is 0 Å². The van der Waals surface area contributed by atoms with Crippen LogP contribution < -0.4 is 4.74 Å². The third-order valence-electron chi connectivity index (χ3n) is 2.74. The second-order valence-corrected chi connectivity index (χ2v) is 4.19. The highest BCUT2D eigenvalue weighted by Crippen LogP contribution is 2.13. The molecule has 1 fully saturated rings. The minimum atomic E-state index is -0.137. The Kier molecular flexibility index (Phi) is 5.70. The number of aliphatic hydroxyl groups excluding tert-OH is 1. The summed E-state index contributed by atoms with van der Waals surface area (Å²) in [5.74, 6) is 6.21. The van der Waals surface area contributed by atoms with Gasteiger partial charge in [-0.25, -0.2) is 0 Å². The van der Waals surface area contributed by atoms with Crippen LogP contribution in [0.25, 0.3) is 0 Å². The summed E-state index contributed by atoms with van der Waals surface area (Å²) in [6, 6.07) is 7.48. The molecule has 0 radical (unpaired) electrons. The number of aliphatic hydroxyl groups is 1. The Morgan fingerprint density at radius 1 is 1.37 bits per heavy atom. The summed E-state index contributed by atoms with van der Waals surface area (Å²) in [4.78, 5) is 0. The van der Waals surface area contributed by atoms with Gasteiger partial charge in [-0.15, -0.1) is 0 Å². The van der Waals surface area contributed by atoms with Crippen molar-refractivity contribution >= 4 is 0 Å². The number of hydrogen-bond donors (Lipinski definition) is 1. The predicted octanol–water partition coefficient (Wildman–Crippen LogP) is 1.21. The maximum absolute atomic E-state index is 8.64. The normalized spacial score (nSPS) is 17.8. The van der Waals surface area contributed by atoms with E-state index in [1.807, 2.05) is 24.3 Å². The lowest BCUT2D eigenvalue weighted by Crippen LogP contribution is -2.17. The average molecular weight is 262 g/mol. The van der Waals surface area contributed by atoms with Crippen LogP contribution in [0.15, 0.2) is 24.3 Å². The van der Waals surface area contributed by atoms with Crippen LogP contribution >= 0.6 is 0 Å². The second-order valence-electron chi connectivity index (χ2n) is 4.19. The van der Waals surface area contributed by atoms with Gasteiger partial charge in [0.2, 0.25) is 0 Å². The highest BCUT2D eigenvalue weighted by molar-refractivity contribution is 5.39. The Bertz CT molecular complexity index is 441. The lowest BCUT2D eigenvalue weighted by molar-refractivity contribution is 0.0265. The molecule has 1 saturated heterocycles. The zero-order chi connectivity index (χ0) is 13.3. The third-order valence-corrected chi connectivity index (χ3v) is 2.74. The van der Waals surface area contributed by atoms with Crippen LogP contribution in [0.5, 0.6) is 5.75 Å². The fraction of sp³-hybridized carbons (Fsp3) is 0.467. The molecular formula is C15H18O4. The summed E-state index contributed by atoms with van der Waals surface area (Å²) in [5.41, 5.74) is 0.830. The fourth-order valence-corrected chi connectivity index (χ4v) is 1.82. The van der Waals surface area contributed by atoms with Gasteiger partial charge in [-0.05, 0) is 24.6 Å². The number of benzene rings is 1. The molecule has 1 aromatic rings. The van der Waals surface area contributed by atoms with Gasteiger partial charge in [-0.2, -0.15) is 0 Å². The summed E-state index contributed by atoms with van der Waals surface area (Å²) < 4.78 is 16.4. The molecule has 1 aliphatic heterocycles. The van der Waals surface area contributed by atoms with Crippen molar-refractivity contribution < 1.29 is 19.3 Å². The molecule has 0 amide bonds. The SMILES string of the molecule is OCC#Cc1cccc(OCCOC2CCOC2)c1. The highest BCUT2D eigenvalue weighted by Gasteiger charge is 2.15. The van der Waals surface area contributed by atoms with E-state index in [0.717, 1.165) is 24.3 Å². The minimum Gasteiger partial charge on any atom is -0.491 e. The number of rotatable bonds is 5. The van der Waals surface area contributed by atoms with E-state index < -0.39 is 0 Å². The third kappa shape index (κ3) is 4.92. The molecule has 102 valence electrons. The van der Waals surface area contributed by atoms with Gasteiger partial charge in [0.05, 0.1) is 19.3 Å². The van der Waals surface area contributed by atoms with E-state index in [0.29, 0.717) is 19.8 Å². The summed E-state index contributed by atoms with van der Waals surface area (Å²) >= 11 is 0. The summed E-state index contributed by atoms with van der Waals surface area (Å²) in [6.45, 7) is 2.40. The zero-order valence-electron chi connectivity index (χ0n) is 10.8. The van der Waals surface area contributed by atoms with Crippen molar-refractivity contribution in [2.75, 3.05) is 33.0 Å². The molecule has 1 aliphatic rings. The molecule has 0 aromatic heterocycles. The Hall–Kier alpha value is -1.54. The van der Waals surface area contributed by atoms with Gasteiger partial charge in [-0.1, -0.05) is 17.9 Å². The van der Waals surface area contributed by atoms with E-state index in [2.05, 4.69) is 11.8 Å². The standard InChI is InChI=1S/C15H18O4/c16-7-2-4-13-3-1-5-14(11-13)18-9-10-19-15-6-8-17-12-15/h1,3,5,11,15-16H,6-10,12H2. The van der Waals surface area contributed by atoms with Crippen molar-refractivity contribution in [3.05, 3.63) is 29.8 Å². The smallest absolute Gasteiger partial charge is 0.120 e. The van der Waals surface area contributed by atoms with Gasteiger partial charge < -0.3 is 19.3 Å². The van der Waals surface area contributed by atoms with Gasteiger partial charge in [0.25, 0.3) is 0 Å². The zero-order valence-corrected chi connectivity index (χ0v) is 10.8. The van der Waals surface area contributed by atoms with Crippen molar-refractivity contribution in [1.29, 1.82) is 0 Å². The first-order valence-electron chi connectivity index (χ1n) is 6.40. The van der Waals surface area contributed by atoms with Crippen molar-refractivity contribution in [2.24, 2.45) is 0 Å². The monoisotopic (exact) mass is 262 g/mol. The van der Waals surface area contributed by atoms with E-state index >= 15 is 0 Å². The molecule has 0 bridgehead atoms. The van der Waals surface area contributed by atoms with Crippen molar-refractivity contribution in [1.82, 2.24) is 0 Å². The van der Waals surface area contributed by atoms with Crippen LogP contribution in [0.2, 0.25) is 0 Å². The Morgan fingerprint density at radius 2 is 2.32 bits per heavy atom. The molecule has 19 heavy (non-hydrogen) atoms. The molecular weight excluding hydrogens is 244 g/mol. The number of ether oxygens (including phenoxy) is 3. The Labute approximate surface area is 113 Å². The molecule has 4 heteroatoms. The van der Waals surface area contributed by atoms with E-state index in [1.165, 1.54) is 0 Å². The maximum Gasteiger partial charge on any atom is 0.120 e. The van der Waals surface area contributed by atoms with Gasteiger partial charge in [-0.3, -0.25) is 0 Å². The molecule has 0 aliphatic carbocycles. The first-order valence-corrected chi connectivity index (χ1v) is 6.40. The average Bonchev–Trinajstić information content (AvgIpc) is 2.95. The van der Waals surface area contributed by atoms with Crippen LogP contribution in [0.1, 0.15) is 12.0 Å². The van der Waals surface area contributed by atoms with Crippen LogP contribution in [-0.4, -0.2) is 44.2 Å². The molecule has 0 spiro atoms. The molecule has 1 unspecified atom stereocenters. The molecule has 1 heterocycles. The lowest BCUT2D eigenvalue weighted by atomic mass is 10.2. The Balaban J connectivity index is 1.72. The van der Waals surface area contributed by atoms with E-state index in [4.69, 9.17) is 19.3 Å². The topological polar surface area (TPSA) is 47.9 Å². The van der Waals surface area contributed by atoms with E-state index in [9.17, 15) is 0 Å². The second kappa shape index (κ2) is 7.80. The first kappa shape index (κ1) is 13.9. The quantitative estimate of drug-likeness (QED) is 0.640. The summed E-state index contributed by atoms with van der Waals surface area (Å²) in [5, 5.41) is 8.64. The Morgan fingerprint density at radius 3 is 3.11 bits per heavy atom. The van der Waals surface area contributed by atoms with E-state index in [-0.39, 0.29) is 12.7 Å². The van der Waals surface area contributed by atoms with Crippen LogP contribution in [0.4, 0.5) is 0 Å². The van der Waals surface area contributed by atoms with E-state index in [1.54, 1.807) is 0 Å². The highest BCUT2D eigenvalue weighted by atomic mass is 16.6. The van der Waals surface area contributed by atoms with Gasteiger partial charge in [0, 0.05) is 12.2 Å². The maximum atomic E-state index is 8.64. The van der Waals surface area contributed by atoms with Crippen molar-refractivity contribution in [2.45, 2.75) is 12.5 Å². The molecule has 1 atom stereocenters. The van der Waals surface area contributed by atoms with Gasteiger partial charge in [0.1, 0.15) is 19.0 Å². The van der Waals surface area contributed by atoms with Crippen molar-refractivity contribution in [3.63, 3.8) is 0 Å². The van der Waals surface area contributed by atoms with Crippen LogP contribution in [0.3, 0.4) is 0 Å². The molecule has 1 aromatic carbocycles. The van der Waals surface area contributed by atoms with Gasteiger partial charge >= 0.3 is 0 Å². The largest absolute Gasteiger partial charge is 0.491 e. The fourth-order valence-electron chi connectivity index (χ4n) is 1.82. The molecule has 4 nitrogen and oxygen atoms in total.